The Labute approximate surface area is 159 Å². The Morgan fingerprint density at radius 2 is 1.78 bits per heavy atom. The first-order chi connectivity index (χ1) is 12.8. The molecule has 27 heavy (non-hydrogen) atoms. The van der Waals surface area contributed by atoms with Gasteiger partial charge in [-0.2, -0.15) is 5.26 Å². The maximum absolute atomic E-state index is 13.1. The lowest BCUT2D eigenvalue weighted by molar-refractivity contribution is -0.164. The van der Waals surface area contributed by atoms with Gasteiger partial charge in [0.15, 0.2) is 12.2 Å². The molecule has 1 rings (SSSR count). The molecular formula is C20H27FN2O4. The predicted octanol–water partition coefficient (Wildman–Crippen LogP) is 3.46. The number of benzene rings is 1. The molecule has 0 radical (unpaired) electrons. The van der Waals surface area contributed by atoms with Crippen LogP contribution in [0.3, 0.4) is 0 Å². The largest absolute Gasteiger partial charge is 0.451 e. The highest BCUT2D eigenvalue weighted by atomic mass is 19.1. The van der Waals surface area contributed by atoms with E-state index < -0.39 is 29.9 Å². The molecule has 0 aliphatic rings. The van der Waals surface area contributed by atoms with Gasteiger partial charge in [-0.05, 0) is 50.5 Å². The van der Waals surface area contributed by atoms with Crippen LogP contribution in [-0.4, -0.2) is 37.2 Å². The molecule has 148 valence electrons. The molecule has 1 aromatic rings. The van der Waals surface area contributed by atoms with E-state index in [9.17, 15) is 14.0 Å². The van der Waals surface area contributed by atoms with Crippen LogP contribution in [0.15, 0.2) is 24.3 Å². The first kappa shape index (κ1) is 22.6. The van der Waals surface area contributed by atoms with Crippen molar-refractivity contribution >= 4 is 17.6 Å². The lowest BCUT2D eigenvalue weighted by Gasteiger charge is -2.25. The Bertz CT molecular complexity index is 655. The van der Waals surface area contributed by atoms with Crippen LogP contribution in [0, 0.1) is 23.1 Å². The number of ether oxygens (including phenoxy) is 2. The molecule has 0 aliphatic heterocycles. The number of carbonyl (C=O) groups excluding carboxylic acids is 2. The molecule has 6 nitrogen and oxygen atoms in total. The van der Waals surface area contributed by atoms with Crippen molar-refractivity contribution in [2.45, 2.75) is 52.7 Å². The van der Waals surface area contributed by atoms with Gasteiger partial charge in [-0.3, -0.25) is 4.79 Å². The van der Waals surface area contributed by atoms with Crippen LogP contribution >= 0.6 is 0 Å². The van der Waals surface area contributed by atoms with Gasteiger partial charge in [-0.15, -0.1) is 0 Å². The van der Waals surface area contributed by atoms with Crippen LogP contribution in [0.25, 0.3) is 0 Å². The number of nitrogens with zero attached hydrogens (tertiary/aromatic N) is 2. The van der Waals surface area contributed by atoms with E-state index in [0.29, 0.717) is 18.2 Å². The highest BCUT2D eigenvalue weighted by Gasteiger charge is 2.27. The topological polar surface area (TPSA) is 79.6 Å². The number of nitriles is 1. The molecule has 0 aromatic heterocycles. The summed E-state index contributed by atoms with van der Waals surface area (Å²) in [6, 6.07) is 7.30. The van der Waals surface area contributed by atoms with Gasteiger partial charge in [-0.1, -0.05) is 13.8 Å². The number of rotatable bonds is 10. The first-order valence-electron chi connectivity index (χ1n) is 9.02. The summed E-state index contributed by atoms with van der Waals surface area (Å²) in [6.45, 7) is 7.69. The number of hydrogen-bond donors (Lipinski definition) is 0. The molecule has 0 spiro atoms. The molecule has 0 N–H and O–H groups in total. The normalized spacial score (nSPS) is 12.9. The third-order valence-corrected chi connectivity index (χ3v) is 3.89. The monoisotopic (exact) mass is 378 g/mol. The number of esters is 1. The molecule has 0 bridgehead atoms. The summed E-state index contributed by atoms with van der Waals surface area (Å²) in [5.41, 5.74) is 0.431. The van der Waals surface area contributed by atoms with Gasteiger partial charge < -0.3 is 14.4 Å². The Balaban J connectivity index is 2.72. The van der Waals surface area contributed by atoms with Gasteiger partial charge in [0.1, 0.15) is 5.82 Å². The Morgan fingerprint density at radius 3 is 2.33 bits per heavy atom. The van der Waals surface area contributed by atoms with Gasteiger partial charge in [-0.25, -0.2) is 9.18 Å². The summed E-state index contributed by atoms with van der Waals surface area (Å²) in [4.78, 5) is 26.1. The number of hydrogen-bond acceptors (Lipinski definition) is 5. The number of carbonyl (C=O) groups is 2. The summed E-state index contributed by atoms with van der Waals surface area (Å²) in [5.74, 6) is -1.09. The fourth-order valence-electron chi connectivity index (χ4n) is 2.24. The number of halogens is 1. The minimum Gasteiger partial charge on any atom is -0.451 e. The molecule has 2 unspecified atom stereocenters. The summed E-state index contributed by atoms with van der Waals surface area (Å²) in [7, 11) is 0. The maximum atomic E-state index is 13.1. The van der Waals surface area contributed by atoms with E-state index in [4.69, 9.17) is 14.7 Å². The van der Waals surface area contributed by atoms with Crippen molar-refractivity contribution < 1.29 is 23.5 Å². The molecule has 1 amide bonds. The van der Waals surface area contributed by atoms with Gasteiger partial charge >= 0.3 is 5.97 Å². The number of amides is 1. The van der Waals surface area contributed by atoms with Crippen molar-refractivity contribution in [3.05, 3.63) is 30.1 Å². The molecule has 2 atom stereocenters. The zero-order valence-corrected chi connectivity index (χ0v) is 16.3. The molecule has 0 heterocycles. The van der Waals surface area contributed by atoms with Crippen LogP contribution < -0.4 is 4.90 Å². The minimum atomic E-state index is -1.06. The number of anilines is 1. The van der Waals surface area contributed by atoms with Crippen molar-refractivity contribution in [2.75, 3.05) is 18.1 Å². The molecule has 0 aliphatic carbocycles. The highest BCUT2D eigenvalue weighted by molar-refractivity contribution is 5.97. The van der Waals surface area contributed by atoms with E-state index in [1.807, 2.05) is 6.07 Å². The predicted molar refractivity (Wildman–Crippen MR) is 99.4 cm³/mol. The zero-order valence-electron chi connectivity index (χ0n) is 16.3. The summed E-state index contributed by atoms with van der Waals surface area (Å²) in [6.07, 6.45) is -0.924. The van der Waals surface area contributed by atoms with E-state index in [0.717, 1.165) is 6.42 Å². The second-order valence-electron chi connectivity index (χ2n) is 6.65. The Hall–Kier alpha value is -2.46. The third-order valence-electron chi connectivity index (χ3n) is 3.89. The average Bonchev–Trinajstić information content (AvgIpc) is 2.62. The Kier molecular flexibility index (Phi) is 9.45. The quantitative estimate of drug-likeness (QED) is 0.583. The van der Waals surface area contributed by atoms with E-state index in [1.54, 1.807) is 6.92 Å². The van der Waals surface area contributed by atoms with Crippen molar-refractivity contribution in [1.29, 1.82) is 5.26 Å². The van der Waals surface area contributed by atoms with Gasteiger partial charge in [0, 0.05) is 18.8 Å². The second-order valence-corrected chi connectivity index (χ2v) is 6.65. The third kappa shape index (κ3) is 7.75. The molecule has 0 saturated carbocycles. The summed E-state index contributed by atoms with van der Waals surface area (Å²) >= 11 is 0. The standard InChI is InChI=1S/C20H27FN2O4/c1-14(2)10-13-26-16(4)20(25)27-15(3)19(24)23(12-5-11-22)18-8-6-17(21)7-9-18/h6-9,14-16H,5,10,12-13H2,1-4H3. The summed E-state index contributed by atoms with van der Waals surface area (Å²) in [5, 5.41) is 8.82. The van der Waals surface area contributed by atoms with E-state index >= 15 is 0 Å². The minimum absolute atomic E-state index is 0.0957. The van der Waals surface area contributed by atoms with Crippen LogP contribution in [0.4, 0.5) is 10.1 Å². The van der Waals surface area contributed by atoms with Gasteiger partial charge in [0.05, 0.1) is 12.5 Å². The fourth-order valence-corrected chi connectivity index (χ4v) is 2.24. The van der Waals surface area contributed by atoms with E-state index in [2.05, 4.69) is 13.8 Å². The van der Waals surface area contributed by atoms with Crippen molar-refractivity contribution in [3.63, 3.8) is 0 Å². The van der Waals surface area contributed by atoms with E-state index in [-0.39, 0.29) is 13.0 Å². The average molecular weight is 378 g/mol. The fraction of sp³-hybridized carbons (Fsp3) is 0.550. The highest BCUT2D eigenvalue weighted by Crippen LogP contribution is 2.17. The van der Waals surface area contributed by atoms with Gasteiger partial charge in [0.2, 0.25) is 0 Å². The van der Waals surface area contributed by atoms with Crippen LogP contribution in [0.5, 0.6) is 0 Å². The first-order valence-corrected chi connectivity index (χ1v) is 9.02. The maximum Gasteiger partial charge on any atom is 0.335 e. The van der Waals surface area contributed by atoms with Crippen molar-refractivity contribution in [2.24, 2.45) is 5.92 Å². The lowest BCUT2D eigenvalue weighted by Crippen LogP contribution is -2.42. The van der Waals surface area contributed by atoms with Crippen LogP contribution in [0.1, 0.15) is 40.5 Å². The lowest BCUT2D eigenvalue weighted by atomic mass is 10.1. The smallest absolute Gasteiger partial charge is 0.335 e. The molecular weight excluding hydrogens is 351 g/mol. The van der Waals surface area contributed by atoms with Crippen molar-refractivity contribution in [3.8, 4) is 6.07 Å². The molecule has 7 heteroatoms. The van der Waals surface area contributed by atoms with Crippen molar-refractivity contribution in [1.82, 2.24) is 0 Å². The van der Waals surface area contributed by atoms with Gasteiger partial charge in [0.25, 0.3) is 5.91 Å². The second kappa shape index (κ2) is 11.3. The van der Waals surface area contributed by atoms with Crippen LogP contribution in [0.2, 0.25) is 0 Å². The SMILES string of the molecule is CC(C)CCOC(C)C(=O)OC(C)C(=O)N(CCC#N)c1ccc(F)cc1. The zero-order chi connectivity index (χ0) is 20.4. The van der Waals surface area contributed by atoms with Crippen LogP contribution in [-0.2, 0) is 19.1 Å². The summed E-state index contributed by atoms with van der Waals surface area (Å²) < 4.78 is 23.8. The molecule has 0 saturated heterocycles. The Morgan fingerprint density at radius 1 is 1.15 bits per heavy atom. The van der Waals surface area contributed by atoms with E-state index in [1.165, 1.54) is 36.1 Å². The molecule has 1 aromatic carbocycles. The molecule has 0 fully saturated rings.